The van der Waals surface area contributed by atoms with Crippen LogP contribution in [-0.2, 0) is 0 Å². The molecular formula is C25H17N3. The zero-order valence-electron chi connectivity index (χ0n) is 15.2. The van der Waals surface area contributed by atoms with Crippen LogP contribution in [0.3, 0.4) is 0 Å². The second-order valence-electron chi connectivity index (χ2n) is 6.64. The Hall–Kier alpha value is -4.03. The molecule has 3 heteroatoms. The molecule has 0 N–H and O–H groups in total. The van der Waals surface area contributed by atoms with Crippen molar-refractivity contribution in [3.8, 4) is 6.07 Å². The van der Waals surface area contributed by atoms with Crippen LogP contribution < -0.4 is 9.80 Å². The number of hydrogen-bond donors (Lipinski definition) is 0. The molecule has 0 saturated carbocycles. The first-order chi connectivity index (χ1) is 13.9. The molecule has 5 rings (SSSR count). The number of rotatable bonds is 2. The summed E-state index contributed by atoms with van der Waals surface area (Å²) < 4.78 is 0. The highest BCUT2D eigenvalue weighted by molar-refractivity contribution is 6.01. The normalized spacial score (nSPS) is 12.1. The highest BCUT2D eigenvalue weighted by atomic mass is 15.3. The minimum atomic E-state index is 0.660. The Morgan fingerprint density at radius 1 is 0.464 bits per heavy atom. The number of para-hydroxylation sites is 5. The maximum absolute atomic E-state index is 9.14. The quantitative estimate of drug-likeness (QED) is 0.347. The first-order valence-corrected chi connectivity index (χ1v) is 9.20. The van der Waals surface area contributed by atoms with Crippen LogP contribution in [-0.4, -0.2) is 0 Å². The molecule has 4 aromatic rings. The van der Waals surface area contributed by atoms with E-state index in [-0.39, 0.29) is 0 Å². The number of benzene rings is 4. The van der Waals surface area contributed by atoms with Crippen LogP contribution in [0, 0.1) is 11.3 Å². The third kappa shape index (κ3) is 2.52. The average molecular weight is 359 g/mol. The Kier molecular flexibility index (Phi) is 3.81. The van der Waals surface area contributed by atoms with E-state index in [1.54, 1.807) is 0 Å². The van der Waals surface area contributed by atoms with Crippen molar-refractivity contribution in [3.05, 3.63) is 109 Å². The Labute approximate surface area is 164 Å². The molecule has 28 heavy (non-hydrogen) atoms. The highest BCUT2D eigenvalue weighted by Crippen LogP contribution is 2.53. The monoisotopic (exact) mass is 359 g/mol. The standard InChI is InChI=1S/C25H17N3/c26-18-19-14-16-21(17-15-19)28-24-12-6-4-10-22(24)27(20-8-2-1-3-9-20)23-11-5-7-13-25(23)28/h1-17H. The second kappa shape index (κ2) is 6.61. The van der Waals surface area contributed by atoms with E-state index in [1.807, 2.05) is 30.3 Å². The summed E-state index contributed by atoms with van der Waals surface area (Å²) in [5, 5.41) is 9.14. The first kappa shape index (κ1) is 16.2. The molecule has 0 aliphatic carbocycles. The van der Waals surface area contributed by atoms with Gasteiger partial charge in [0.15, 0.2) is 0 Å². The summed E-state index contributed by atoms with van der Waals surface area (Å²) in [6.07, 6.45) is 0. The zero-order valence-corrected chi connectivity index (χ0v) is 15.2. The molecule has 0 amide bonds. The van der Waals surface area contributed by atoms with Crippen LogP contribution in [0.1, 0.15) is 5.56 Å². The van der Waals surface area contributed by atoms with Gasteiger partial charge in [-0.05, 0) is 60.7 Å². The third-order valence-corrected chi connectivity index (χ3v) is 5.00. The van der Waals surface area contributed by atoms with Crippen molar-refractivity contribution in [2.24, 2.45) is 0 Å². The van der Waals surface area contributed by atoms with Gasteiger partial charge in [0.1, 0.15) is 0 Å². The van der Waals surface area contributed by atoms with Crippen molar-refractivity contribution in [2.75, 3.05) is 9.80 Å². The average Bonchev–Trinajstić information content (AvgIpc) is 2.78. The molecule has 0 unspecified atom stereocenters. The Balaban J connectivity index is 1.76. The van der Waals surface area contributed by atoms with Gasteiger partial charge in [0.2, 0.25) is 0 Å². The van der Waals surface area contributed by atoms with Crippen molar-refractivity contribution in [2.45, 2.75) is 0 Å². The molecule has 0 radical (unpaired) electrons. The third-order valence-electron chi connectivity index (χ3n) is 5.00. The van der Waals surface area contributed by atoms with Gasteiger partial charge in [-0.2, -0.15) is 5.26 Å². The molecule has 1 aliphatic heterocycles. The largest absolute Gasteiger partial charge is 0.306 e. The topological polar surface area (TPSA) is 30.3 Å². The van der Waals surface area contributed by atoms with E-state index in [2.05, 4.69) is 88.7 Å². The summed E-state index contributed by atoms with van der Waals surface area (Å²) in [6.45, 7) is 0. The lowest BCUT2D eigenvalue weighted by Crippen LogP contribution is -2.23. The maximum Gasteiger partial charge on any atom is 0.0991 e. The number of nitriles is 1. The van der Waals surface area contributed by atoms with E-state index in [9.17, 15) is 0 Å². The lowest BCUT2D eigenvalue weighted by Gasteiger charge is -2.40. The molecule has 132 valence electrons. The summed E-state index contributed by atoms with van der Waals surface area (Å²) in [6, 6.07) is 37.2. The number of nitrogens with zero attached hydrogens (tertiary/aromatic N) is 3. The van der Waals surface area contributed by atoms with Crippen LogP contribution in [0.5, 0.6) is 0 Å². The minimum Gasteiger partial charge on any atom is -0.306 e. The van der Waals surface area contributed by atoms with Gasteiger partial charge in [-0.3, -0.25) is 0 Å². The van der Waals surface area contributed by atoms with Crippen LogP contribution >= 0.6 is 0 Å². The van der Waals surface area contributed by atoms with Crippen LogP contribution in [0.2, 0.25) is 0 Å². The van der Waals surface area contributed by atoms with E-state index in [4.69, 9.17) is 5.26 Å². The molecule has 4 aromatic carbocycles. The summed E-state index contributed by atoms with van der Waals surface area (Å²) in [5.41, 5.74) is 7.28. The van der Waals surface area contributed by atoms with E-state index in [1.165, 1.54) is 0 Å². The predicted molar refractivity (Wildman–Crippen MR) is 114 cm³/mol. The molecule has 1 aliphatic rings. The van der Waals surface area contributed by atoms with E-state index in [0.29, 0.717) is 5.56 Å². The van der Waals surface area contributed by atoms with Gasteiger partial charge in [-0.25, -0.2) is 0 Å². The van der Waals surface area contributed by atoms with Gasteiger partial charge in [-0.15, -0.1) is 0 Å². The Bertz CT molecular complexity index is 1130. The van der Waals surface area contributed by atoms with Crippen molar-refractivity contribution >= 4 is 34.1 Å². The highest BCUT2D eigenvalue weighted by Gasteiger charge is 2.29. The van der Waals surface area contributed by atoms with Crippen molar-refractivity contribution in [1.29, 1.82) is 5.26 Å². The molecule has 1 heterocycles. The van der Waals surface area contributed by atoms with Gasteiger partial charge < -0.3 is 9.80 Å². The van der Waals surface area contributed by atoms with Crippen molar-refractivity contribution < 1.29 is 0 Å². The summed E-state index contributed by atoms with van der Waals surface area (Å²) in [4.78, 5) is 4.55. The van der Waals surface area contributed by atoms with Crippen LogP contribution in [0.25, 0.3) is 0 Å². The summed E-state index contributed by atoms with van der Waals surface area (Å²) >= 11 is 0. The van der Waals surface area contributed by atoms with E-state index < -0.39 is 0 Å². The summed E-state index contributed by atoms with van der Waals surface area (Å²) in [7, 11) is 0. The predicted octanol–water partition coefficient (Wildman–Crippen LogP) is 6.81. The van der Waals surface area contributed by atoms with E-state index >= 15 is 0 Å². The fourth-order valence-corrected chi connectivity index (χ4v) is 3.76. The second-order valence-corrected chi connectivity index (χ2v) is 6.64. The Morgan fingerprint density at radius 3 is 1.29 bits per heavy atom. The molecule has 0 aromatic heterocycles. The van der Waals surface area contributed by atoms with Gasteiger partial charge in [-0.1, -0.05) is 42.5 Å². The van der Waals surface area contributed by atoms with Crippen molar-refractivity contribution in [1.82, 2.24) is 0 Å². The smallest absolute Gasteiger partial charge is 0.0991 e. The molecular weight excluding hydrogens is 342 g/mol. The lowest BCUT2D eigenvalue weighted by molar-refractivity contribution is 1.17. The Morgan fingerprint density at radius 2 is 0.857 bits per heavy atom. The molecule has 0 fully saturated rings. The van der Waals surface area contributed by atoms with Gasteiger partial charge in [0, 0.05) is 11.4 Å². The fraction of sp³-hybridized carbons (Fsp3) is 0. The van der Waals surface area contributed by atoms with Gasteiger partial charge >= 0.3 is 0 Å². The molecule has 0 spiro atoms. The SMILES string of the molecule is N#Cc1ccc(N2c3ccccc3N(c3ccccc3)c3ccccc32)cc1. The number of fused-ring (bicyclic) bond motifs is 2. The van der Waals surface area contributed by atoms with Gasteiger partial charge in [0.05, 0.1) is 34.4 Å². The van der Waals surface area contributed by atoms with Crippen molar-refractivity contribution in [3.63, 3.8) is 0 Å². The lowest BCUT2D eigenvalue weighted by atomic mass is 10.0. The van der Waals surface area contributed by atoms with Gasteiger partial charge in [0.25, 0.3) is 0 Å². The summed E-state index contributed by atoms with van der Waals surface area (Å²) in [5.74, 6) is 0. The fourth-order valence-electron chi connectivity index (χ4n) is 3.76. The molecule has 0 saturated heterocycles. The van der Waals surface area contributed by atoms with Crippen LogP contribution in [0.4, 0.5) is 34.1 Å². The first-order valence-electron chi connectivity index (χ1n) is 9.20. The molecule has 3 nitrogen and oxygen atoms in total. The molecule has 0 atom stereocenters. The maximum atomic E-state index is 9.14. The molecule has 0 bridgehead atoms. The minimum absolute atomic E-state index is 0.660. The number of anilines is 6. The van der Waals surface area contributed by atoms with Crippen LogP contribution in [0.15, 0.2) is 103 Å². The van der Waals surface area contributed by atoms with E-state index in [0.717, 1.165) is 34.1 Å². The zero-order chi connectivity index (χ0) is 18.9. The number of hydrogen-bond acceptors (Lipinski definition) is 3.